The maximum atomic E-state index is 12.1. The molecule has 0 unspecified atom stereocenters. The average Bonchev–Trinajstić information content (AvgIpc) is 2.68. The van der Waals surface area contributed by atoms with Crippen LogP contribution in [-0.2, 0) is 4.79 Å². The van der Waals surface area contributed by atoms with Crippen LogP contribution in [0.5, 0.6) is 5.75 Å². The van der Waals surface area contributed by atoms with E-state index in [-0.39, 0.29) is 24.4 Å². The van der Waals surface area contributed by atoms with E-state index < -0.39 is 17.9 Å². The number of carboxylic acid groups (broad SMARTS) is 1. The lowest BCUT2D eigenvalue weighted by atomic mass is 10.1. The minimum atomic E-state index is -1.04. The number of amides is 3. The number of hydrogen-bond donors (Lipinski definition) is 5. The molecule has 29 heavy (non-hydrogen) atoms. The Balaban J connectivity index is 1.73. The lowest BCUT2D eigenvalue weighted by molar-refractivity contribution is -0.136. The van der Waals surface area contributed by atoms with Gasteiger partial charge in [-0.1, -0.05) is 18.2 Å². The van der Waals surface area contributed by atoms with Gasteiger partial charge in [0.2, 0.25) is 0 Å². The zero-order valence-electron chi connectivity index (χ0n) is 15.2. The molecule has 0 atom stereocenters. The summed E-state index contributed by atoms with van der Waals surface area (Å²) in [6.07, 6.45) is 1.15. The predicted octanol–water partition coefficient (Wildman–Crippen LogP) is 2.79. The second-order valence-electron chi connectivity index (χ2n) is 6.10. The van der Waals surface area contributed by atoms with Gasteiger partial charge < -0.3 is 26.2 Å². The van der Waals surface area contributed by atoms with Crippen molar-refractivity contribution < 1.29 is 24.6 Å². The van der Waals surface area contributed by atoms with Gasteiger partial charge in [0.05, 0.1) is 6.42 Å². The predicted molar refractivity (Wildman–Crippen MR) is 107 cm³/mol. The van der Waals surface area contributed by atoms with E-state index in [0.717, 1.165) is 0 Å². The molecule has 3 amide bonds. The van der Waals surface area contributed by atoms with Crippen molar-refractivity contribution in [3.05, 3.63) is 60.4 Å². The van der Waals surface area contributed by atoms with Gasteiger partial charge in [-0.3, -0.25) is 9.59 Å². The molecule has 9 nitrogen and oxygen atoms in total. The zero-order valence-corrected chi connectivity index (χ0v) is 15.2. The van der Waals surface area contributed by atoms with Crippen LogP contribution in [0.4, 0.5) is 16.2 Å². The third-order valence-corrected chi connectivity index (χ3v) is 3.99. The van der Waals surface area contributed by atoms with Gasteiger partial charge in [0.15, 0.2) is 11.4 Å². The summed E-state index contributed by atoms with van der Waals surface area (Å²) in [6.45, 7) is -0.0767. The smallest absolute Gasteiger partial charge is 0.323 e. The lowest BCUT2D eigenvalue weighted by Gasteiger charge is -2.10. The Morgan fingerprint density at radius 1 is 0.966 bits per heavy atom. The fraction of sp³-hybridized carbons (Fsp3) is 0.100. The van der Waals surface area contributed by atoms with Crippen LogP contribution in [0.25, 0.3) is 10.8 Å². The van der Waals surface area contributed by atoms with Gasteiger partial charge in [-0.2, -0.15) is 0 Å². The van der Waals surface area contributed by atoms with Crippen LogP contribution in [0.1, 0.15) is 16.9 Å². The summed E-state index contributed by atoms with van der Waals surface area (Å²) in [7, 11) is 0. The first-order valence-electron chi connectivity index (χ1n) is 8.69. The summed E-state index contributed by atoms with van der Waals surface area (Å²) < 4.78 is 0. The van der Waals surface area contributed by atoms with Gasteiger partial charge >= 0.3 is 12.0 Å². The van der Waals surface area contributed by atoms with E-state index in [1.165, 1.54) is 6.20 Å². The number of benzene rings is 2. The van der Waals surface area contributed by atoms with Crippen LogP contribution in [0.3, 0.4) is 0 Å². The SMILES string of the molecule is O=C(O)CCNC(=O)c1ncc2cc(NC(=O)Nc3ccccc3)ccc2c1O. The zero-order chi connectivity index (χ0) is 20.8. The average molecular weight is 394 g/mol. The number of pyridine rings is 1. The highest BCUT2D eigenvalue weighted by atomic mass is 16.4. The summed E-state index contributed by atoms with van der Waals surface area (Å²) in [6, 6.07) is 13.3. The van der Waals surface area contributed by atoms with Crippen molar-refractivity contribution in [2.45, 2.75) is 6.42 Å². The topological polar surface area (TPSA) is 141 Å². The minimum Gasteiger partial charge on any atom is -0.505 e. The molecule has 5 N–H and O–H groups in total. The van der Waals surface area contributed by atoms with E-state index in [0.29, 0.717) is 22.1 Å². The lowest BCUT2D eigenvalue weighted by Crippen LogP contribution is -2.26. The quantitative estimate of drug-likeness (QED) is 0.435. The Hall–Kier alpha value is -4.14. The monoisotopic (exact) mass is 394 g/mol. The molecule has 3 rings (SSSR count). The number of aliphatic carboxylic acids is 1. The molecule has 0 spiro atoms. The number of urea groups is 1. The molecule has 3 aromatic rings. The van der Waals surface area contributed by atoms with E-state index in [9.17, 15) is 19.5 Å². The minimum absolute atomic E-state index is 0.0767. The van der Waals surface area contributed by atoms with E-state index >= 15 is 0 Å². The van der Waals surface area contributed by atoms with Gasteiger partial charge in [-0.05, 0) is 30.3 Å². The molecular weight excluding hydrogens is 376 g/mol. The van der Waals surface area contributed by atoms with Crippen LogP contribution in [0, 0.1) is 0 Å². The molecule has 1 heterocycles. The summed E-state index contributed by atoms with van der Waals surface area (Å²) in [5.41, 5.74) is 0.917. The number of aromatic nitrogens is 1. The molecule has 0 aliphatic rings. The first-order valence-corrected chi connectivity index (χ1v) is 8.69. The van der Waals surface area contributed by atoms with Crippen molar-refractivity contribution in [1.82, 2.24) is 10.3 Å². The molecule has 0 saturated heterocycles. The second kappa shape index (κ2) is 8.70. The van der Waals surface area contributed by atoms with E-state index in [2.05, 4.69) is 20.9 Å². The maximum Gasteiger partial charge on any atom is 0.323 e. The standard InChI is InChI=1S/C20H18N4O5/c25-16(26)8-9-21-19(28)17-18(27)15-7-6-14(10-12(15)11-22-17)24-20(29)23-13-4-2-1-3-5-13/h1-7,10-11,27H,8-9H2,(H,21,28)(H,25,26)(H2,23,24,29). The molecule has 9 heteroatoms. The number of carbonyl (C=O) groups is 3. The van der Waals surface area contributed by atoms with Crippen molar-refractivity contribution in [2.24, 2.45) is 0 Å². The fourth-order valence-corrected chi connectivity index (χ4v) is 2.63. The van der Waals surface area contributed by atoms with E-state index in [1.807, 2.05) is 6.07 Å². The van der Waals surface area contributed by atoms with Crippen LogP contribution in [0.2, 0.25) is 0 Å². The van der Waals surface area contributed by atoms with Gasteiger partial charge in [-0.25, -0.2) is 9.78 Å². The fourth-order valence-electron chi connectivity index (χ4n) is 2.63. The maximum absolute atomic E-state index is 12.1. The Morgan fingerprint density at radius 3 is 2.41 bits per heavy atom. The third-order valence-electron chi connectivity index (χ3n) is 3.99. The molecule has 0 bridgehead atoms. The van der Waals surface area contributed by atoms with Gasteiger partial charge in [0.1, 0.15) is 0 Å². The third kappa shape index (κ3) is 4.98. The molecule has 0 aliphatic carbocycles. The number of nitrogens with one attached hydrogen (secondary N) is 3. The van der Waals surface area contributed by atoms with Crippen LogP contribution in [0.15, 0.2) is 54.7 Å². The summed E-state index contributed by atoms with van der Waals surface area (Å²) in [5, 5.41) is 27.6. The van der Waals surface area contributed by atoms with Crippen LogP contribution in [-0.4, -0.2) is 39.6 Å². The molecule has 0 saturated carbocycles. The second-order valence-corrected chi connectivity index (χ2v) is 6.10. The highest BCUT2D eigenvalue weighted by molar-refractivity contribution is 6.04. The number of hydrogen-bond acceptors (Lipinski definition) is 5. The van der Waals surface area contributed by atoms with Crippen LogP contribution >= 0.6 is 0 Å². The molecule has 0 fully saturated rings. The first-order chi connectivity index (χ1) is 13.9. The van der Waals surface area contributed by atoms with Crippen LogP contribution < -0.4 is 16.0 Å². The number of carboxylic acids is 1. The van der Waals surface area contributed by atoms with Crippen molar-refractivity contribution in [3.63, 3.8) is 0 Å². The van der Waals surface area contributed by atoms with Gasteiger partial charge in [0, 0.05) is 34.9 Å². The van der Waals surface area contributed by atoms with Crippen molar-refractivity contribution >= 4 is 40.1 Å². The number of fused-ring (bicyclic) bond motifs is 1. The molecule has 0 aliphatic heterocycles. The van der Waals surface area contributed by atoms with Gasteiger partial charge in [-0.15, -0.1) is 0 Å². The number of para-hydroxylation sites is 1. The van der Waals surface area contributed by atoms with E-state index in [4.69, 9.17) is 5.11 Å². The number of carbonyl (C=O) groups excluding carboxylic acids is 2. The Morgan fingerprint density at radius 2 is 1.69 bits per heavy atom. The molecule has 148 valence electrons. The van der Waals surface area contributed by atoms with E-state index in [1.54, 1.807) is 42.5 Å². The number of nitrogens with zero attached hydrogens (tertiary/aromatic N) is 1. The number of anilines is 2. The summed E-state index contributed by atoms with van der Waals surface area (Å²) >= 11 is 0. The Labute approximate surface area is 165 Å². The van der Waals surface area contributed by atoms with Gasteiger partial charge in [0.25, 0.3) is 5.91 Å². The summed E-state index contributed by atoms with van der Waals surface area (Å²) in [5.74, 6) is -2.04. The van der Waals surface area contributed by atoms with Crippen molar-refractivity contribution in [2.75, 3.05) is 17.2 Å². The number of rotatable bonds is 6. The van der Waals surface area contributed by atoms with Crippen molar-refractivity contribution in [1.29, 1.82) is 0 Å². The first kappa shape index (κ1) is 19.6. The number of aromatic hydroxyl groups is 1. The normalized spacial score (nSPS) is 10.3. The largest absolute Gasteiger partial charge is 0.505 e. The van der Waals surface area contributed by atoms with Crippen molar-refractivity contribution in [3.8, 4) is 5.75 Å². The molecular formula is C20H18N4O5. The highest BCUT2D eigenvalue weighted by Gasteiger charge is 2.16. The molecule has 2 aromatic carbocycles. The Kier molecular flexibility index (Phi) is 5.88. The molecule has 1 aromatic heterocycles. The highest BCUT2D eigenvalue weighted by Crippen LogP contribution is 2.29. The molecule has 0 radical (unpaired) electrons. The Bertz CT molecular complexity index is 1070. The summed E-state index contributed by atoms with van der Waals surface area (Å²) in [4.78, 5) is 38.7.